The zero-order valence-corrected chi connectivity index (χ0v) is 29.2. The van der Waals surface area contributed by atoms with Crippen molar-refractivity contribution in [2.24, 2.45) is 5.41 Å². The maximum absolute atomic E-state index is 13.1. The summed E-state index contributed by atoms with van der Waals surface area (Å²) in [6, 6.07) is 17.5. The summed E-state index contributed by atoms with van der Waals surface area (Å²) in [4.78, 5) is 34.3. The van der Waals surface area contributed by atoms with Gasteiger partial charge in [-0.3, -0.25) is 9.59 Å². The summed E-state index contributed by atoms with van der Waals surface area (Å²) in [6.07, 6.45) is 1.17. The monoisotopic (exact) mass is 664 g/mol. The van der Waals surface area contributed by atoms with E-state index >= 15 is 0 Å². The van der Waals surface area contributed by atoms with E-state index in [4.69, 9.17) is 23.9 Å². The van der Waals surface area contributed by atoms with Gasteiger partial charge in [0, 0.05) is 43.3 Å². The van der Waals surface area contributed by atoms with Crippen LogP contribution < -0.4 is 15.0 Å². The molecular formula is C37H52N4O7. The van der Waals surface area contributed by atoms with E-state index in [0.29, 0.717) is 19.0 Å². The molecular weight excluding hydrogens is 612 g/mol. The van der Waals surface area contributed by atoms with Crippen LogP contribution in [0.2, 0.25) is 0 Å². The first-order valence-corrected chi connectivity index (χ1v) is 16.7. The number of aliphatic hydroxyl groups is 1. The van der Waals surface area contributed by atoms with Crippen molar-refractivity contribution in [3.8, 4) is 17.0 Å². The van der Waals surface area contributed by atoms with Gasteiger partial charge in [0.2, 0.25) is 11.8 Å². The highest BCUT2D eigenvalue weighted by molar-refractivity contribution is 5.89. The molecule has 2 heterocycles. The van der Waals surface area contributed by atoms with E-state index in [-0.39, 0.29) is 50.9 Å². The molecule has 3 unspecified atom stereocenters. The van der Waals surface area contributed by atoms with Crippen LogP contribution in [0.1, 0.15) is 40.5 Å². The molecule has 11 heteroatoms. The van der Waals surface area contributed by atoms with Crippen LogP contribution in [0, 0.1) is 5.41 Å². The Kier molecular flexibility index (Phi) is 13.6. The molecule has 0 bridgehead atoms. The quantitative estimate of drug-likeness (QED) is 0.204. The number of fused-ring (bicyclic) bond motifs is 1. The Morgan fingerprint density at radius 2 is 1.69 bits per heavy atom. The van der Waals surface area contributed by atoms with Crippen LogP contribution in [0.3, 0.4) is 0 Å². The molecule has 1 aliphatic heterocycles. The standard InChI is InChI=1S/C37H52N4O7/c1-26-8-7-17-41(26)36(44)35(37(2,3)4)39-34(43)25-47-21-19-45-18-20-46-23-30(42)24-48-31-14-16-33-28(22-31)11-15-32(38-33)27-9-12-29(13-10-27)40(5)6/h9-16,22,26,30,35,42H,7-8,17-21,23-25H2,1-6H3,(H,39,43). The van der Waals surface area contributed by atoms with Crippen LogP contribution in [0.4, 0.5) is 5.69 Å². The third-order valence-electron chi connectivity index (χ3n) is 8.32. The summed E-state index contributed by atoms with van der Waals surface area (Å²) >= 11 is 0. The van der Waals surface area contributed by atoms with Crippen LogP contribution >= 0.6 is 0 Å². The summed E-state index contributed by atoms with van der Waals surface area (Å²) in [5, 5.41) is 14.1. The lowest BCUT2D eigenvalue weighted by atomic mass is 9.85. The number of amides is 2. The van der Waals surface area contributed by atoms with E-state index < -0.39 is 17.6 Å². The van der Waals surface area contributed by atoms with Crippen molar-refractivity contribution < 1.29 is 33.6 Å². The van der Waals surface area contributed by atoms with Crippen molar-refractivity contribution in [1.82, 2.24) is 15.2 Å². The van der Waals surface area contributed by atoms with Crippen molar-refractivity contribution in [2.45, 2.75) is 58.7 Å². The number of aromatic nitrogens is 1. The van der Waals surface area contributed by atoms with Crippen molar-refractivity contribution >= 4 is 28.4 Å². The molecule has 0 spiro atoms. The van der Waals surface area contributed by atoms with E-state index in [1.54, 1.807) is 0 Å². The van der Waals surface area contributed by atoms with Crippen LogP contribution in [0.15, 0.2) is 54.6 Å². The van der Waals surface area contributed by atoms with E-state index in [2.05, 4.69) is 34.5 Å². The average Bonchev–Trinajstić information content (AvgIpc) is 3.50. The van der Waals surface area contributed by atoms with Gasteiger partial charge in [-0.05, 0) is 61.6 Å². The van der Waals surface area contributed by atoms with Gasteiger partial charge in [-0.25, -0.2) is 4.98 Å². The number of likely N-dealkylation sites (tertiary alicyclic amines) is 1. The van der Waals surface area contributed by atoms with Gasteiger partial charge in [-0.2, -0.15) is 0 Å². The van der Waals surface area contributed by atoms with Gasteiger partial charge in [-0.1, -0.05) is 39.0 Å². The van der Waals surface area contributed by atoms with E-state index in [0.717, 1.165) is 47.2 Å². The average molecular weight is 665 g/mol. The normalized spacial score (nSPS) is 16.1. The number of benzene rings is 2. The smallest absolute Gasteiger partial charge is 0.246 e. The molecule has 1 aromatic heterocycles. The molecule has 4 rings (SSSR count). The lowest BCUT2D eigenvalue weighted by molar-refractivity contribution is -0.141. The van der Waals surface area contributed by atoms with Gasteiger partial charge in [-0.15, -0.1) is 0 Å². The third kappa shape index (κ3) is 10.9. The molecule has 2 N–H and O–H groups in total. The first-order valence-electron chi connectivity index (χ1n) is 16.7. The van der Waals surface area contributed by atoms with Crippen molar-refractivity contribution in [1.29, 1.82) is 0 Å². The molecule has 2 amide bonds. The number of pyridine rings is 1. The number of nitrogens with zero attached hydrogens (tertiary/aromatic N) is 3. The lowest BCUT2D eigenvalue weighted by Crippen LogP contribution is -2.56. The summed E-state index contributed by atoms with van der Waals surface area (Å²) in [7, 11) is 4.03. The minimum absolute atomic E-state index is 0.0379. The summed E-state index contributed by atoms with van der Waals surface area (Å²) in [5.74, 6) is 0.278. The number of aliphatic hydroxyl groups excluding tert-OH is 1. The van der Waals surface area contributed by atoms with E-state index in [1.165, 1.54) is 0 Å². The van der Waals surface area contributed by atoms with Gasteiger partial charge >= 0.3 is 0 Å². The first kappa shape index (κ1) is 37.1. The molecule has 0 radical (unpaired) electrons. The van der Waals surface area contributed by atoms with Crippen LogP contribution in [-0.2, 0) is 23.8 Å². The number of anilines is 1. The minimum atomic E-state index is -0.800. The molecule has 0 aliphatic carbocycles. The second kappa shape index (κ2) is 17.6. The Bertz CT molecular complexity index is 1470. The highest BCUT2D eigenvalue weighted by Gasteiger charge is 2.38. The molecule has 1 aliphatic rings. The van der Waals surface area contributed by atoms with Gasteiger partial charge in [0.1, 0.15) is 31.1 Å². The van der Waals surface area contributed by atoms with Crippen LogP contribution in [-0.4, -0.2) is 112 Å². The maximum atomic E-state index is 13.1. The second-order valence-corrected chi connectivity index (χ2v) is 13.6. The molecule has 262 valence electrons. The van der Waals surface area contributed by atoms with Crippen molar-refractivity contribution in [3.05, 3.63) is 54.6 Å². The van der Waals surface area contributed by atoms with Gasteiger partial charge in [0.15, 0.2) is 0 Å². The SMILES string of the molecule is CC1CCCN1C(=O)C(NC(=O)COCCOCCOCC(O)COc1ccc2nc(-c3ccc(N(C)C)cc3)ccc2c1)C(C)(C)C. The number of hydrogen-bond acceptors (Lipinski definition) is 9. The van der Waals surface area contributed by atoms with Crippen LogP contribution in [0.25, 0.3) is 22.2 Å². The maximum Gasteiger partial charge on any atom is 0.246 e. The fourth-order valence-electron chi connectivity index (χ4n) is 5.52. The van der Waals surface area contributed by atoms with Crippen molar-refractivity contribution in [3.63, 3.8) is 0 Å². The number of carbonyl (C=O) groups is 2. The Morgan fingerprint density at radius 1 is 0.979 bits per heavy atom. The Balaban J connectivity index is 1.07. The molecule has 11 nitrogen and oxygen atoms in total. The lowest BCUT2D eigenvalue weighted by Gasteiger charge is -2.35. The molecule has 1 saturated heterocycles. The number of ether oxygens (including phenoxy) is 4. The zero-order valence-electron chi connectivity index (χ0n) is 29.2. The predicted octanol–water partition coefficient (Wildman–Crippen LogP) is 4.30. The van der Waals surface area contributed by atoms with E-state index in [9.17, 15) is 14.7 Å². The van der Waals surface area contributed by atoms with Gasteiger partial charge < -0.3 is 39.2 Å². The molecule has 1 fully saturated rings. The topological polar surface area (TPSA) is 123 Å². The number of hydrogen-bond donors (Lipinski definition) is 2. The highest BCUT2D eigenvalue weighted by Crippen LogP contribution is 2.27. The van der Waals surface area contributed by atoms with Gasteiger partial charge in [0.25, 0.3) is 0 Å². The fraction of sp³-hybridized carbons (Fsp3) is 0.541. The summed E-state index contributed by atoms with van der Waals surface area (Å²) < 4.78 is 22.3. The van der Waals surface area contributed by atoms with Crippen molar-refractivity contribution in [2.75, 3.05) is 71.8 Å². The molecule has 3 aromatic rings. The van der Waals surface area contributed by atoms with Gasteiger partial charge in [0.05, 0.1) is 44.2 Å². The number of rotatable bonds is 17. The summed E-state index contributed by atoms with van der Waals surface area (Å²) in [5.41, 5.74) is 3.53. The molecule has 2 aromatic carbocycles. The highest BCUT2D eigenvalue weighted by atomic mass is 16.5. The third-order valence-corrected chi connectivity index (χ3v) is 8.32. The molecule has 48 heavy (non-hydrogen) atoms. The number of carbonyl (C=O) groups excluding carboxylic acids is 2. The predicted molar refractivity (Wildman–Crippen MR) is 187 cm³/mol. The Hall–Kier alpha value is -3.77. The van der Waals surface area contributed by atoms with E-state index in [1.807, 2.05) is 77.0 Å². The molecule has 3 atom stereocenters. The van der Waals surface area contributed by atoms with Crippen LogP contribution in [0.5, 0.6) is 5.75 Å². The fourth-order valence-corrected chi connectivity index (χ4v) is 5.52. The Labute approximate surface area is 284 Å². The molecule has 0 saturated carbocycles. The number of nitrogens with one attached hydrogen (secondary N) is 1. The largest absolute Gasteiger partial charge is 0.491 e. The zero-order chi connectivity index (χ0) is 34.7. The summed E-state index contributed by atoms with van der Waals surface area (Å²) in [6.45, 7) is 9.79. The minimum Gasteiger partial charge on any atom is -0.491 e. The first-order chi connectivity index (χ1) is 22.9. The Morgan fingerprint density at radius 3 is 2.35 bits per heavy atom. The second-order valence-electron chi connectivity index (χ2n) is 13.6.